The number of hydrogen-bond acceptors (Lipinski definition) is 4. The Morgan fingerprint density at radius 3 is 2.55 bits per heavy atom. The predicted octanol–water partition coefficient (Wildman–Crippen LogP) is 2.17. The molecule has 1 N–H and O–H groups in total. The molecule has 5 nitrogen and oxygen atoms in total. The Labute approximate surface area is 121 Å². The Hall–Kier alpha value is -0.810. The summed E-state index contributed by atoms with van der Waals surface area (Å²) in [5.41, 5.74) is -0.506. The molecule has 4 unspecified atom stereocenters. The van der Waals surface area contributed by atoms with Crippen LogP contribution in [-0.2, 0) is 9.47 Å². The third kappa shape index (κ3) is 3.44. The highest BCUT2D eigenvalue weighted by atomic mass is 16.6. The lowest BCUT2D eigenvalue weighted by Gasteiger charge is -2.44. The molecule has 0 aromatic carbocycles. The van der Waals surface area contributed by atoms with Gasteiger partial charge in [-0.2, -0.15) is 0 Å². The van der Waals surface area contributed by atoms with Crippen LogP contribution in [0.3, 0.4) is 0 Å². The van der Waals surface area contributed by atoms with E-state index in [9.17, 15) is 9.90 Å². The molecular formula is C15H27NO4. The van der Waals surface area contributed by atoms with Crippen molar-refractivity contribution in [2.45, 2.75) is 70.7 Å². The van der Waals surface area contributed by atoms with Gasteiger partial charge in [-0.05, 0) is 40.5 Å². The van der Waals surface area contributed by atoms with E-state index in [0.717, 1.165) is 19.3 Å². The van der Waals surface area contributed by atoms with Crippen molar-refractivity contribution >= 4 is 6.09 Å². The van der Waals surface area contributed by atoms with E-state index in [1.807, 2.05) is 27.7 Å². The highest BCUT2D eigenvalue weighted by molar-refractivity contribution is 5.69. The number of hydrogen-bond donors (Lipinski definition) is 1. The zero-order valence-electron chi connectivity index (χ0n) is 13.0. The molecule has 0 bridgehead atoms. The van der Waals surface area contributed by atoms with Crippen LogP contribution in [0.4, 0.5) is 4.79 Å². The summed E-state index contributed by atoms with van der Waals surface area (Å²) in [4.78, 5) is 14.3. The summed E-state index contributed by atoms with van der Waals surface area (Å²) in [6, 6.07) is -0.0949. The molecule has 116 valence electrons. The summed E-state index contributed by atoms with van der Waals surface area (Å²) in [5, 5.41) is 10.1. The predicted molar refractivity (Wildman–Crippen MR) is 75.5 cm³/mol. The number of ether oxygens (including phenoxy) is 2. The number of aliphatic hydroxyl groups is 1. The third-order valence-electron chi connectivity index (χ3n) is 4.11. The van der Waals surface area contributed by atoms with E-state index in [1.54, 1.807) is 4.90 Å². The summed E-state index contributed by atoms with van der Waals surface area (Å²) < 4.78 is 11.1. The summed E-state index contributed by atoms with van der Waals surface area (Å²) in [6.45, 7) is 8.60. The Morgan fingerprint density at radius 2 is 2.00 bits per heavy atom. The minimum absolute atomic E-state index is 0.0172. The van der Waals surface area contributed by atoms with Crippen LogP contribution in [0.2, 0.25) is 0 Å². The third-order valence-corrected chi connectivity index (χ3v) is 4.11. The number of nitrogens with zero attached hydrogens (tertiary/aromatic N) is 1. The minimum Gasteiger partial charge on any atom is -0.444 e. The van der Waals surface area contributed by atoms with Crippen molar-refractivity contribution < 1.29 is 19.4 Å². The van der Waals surface area contributed by atoms with Gasteiger partial charge in [0.25, 0.3) is 0 Å². The van der Waals surface area contributed by atoms with Gasteiger partial charge in [-0.15, -0.1) is 0 Å². The van der Waals surface area contributed by atoms with Crippen LogP contribution in [0.25, 0.3) is 0 Å². The van der Waals surface area contributed by atoms with E-state index >= 15 is 0 Å². The van der Waals surface area contributed by atoms with Crippen molar-refractivity contribution in [1.29, 1.82) is 0 Å². The van der Waals surface area contributed by atoms with Crippen LogP contribution in [0.5, 0.6) is 0 Å². The van der Waals surface area contributed by atoms with E-state index in [-0.39, 0.29) is 30.2 Å². The molecule has 1 saturated heterocycles. The molecule has 1 aliphatic heterocycles. The number of carbonyl (C=O) groups excluding carboxylic acids is 1. The van der Waals surface area contributed by atoms with Gasteiger partial charge in [0.1, 0.15) is 5.60 Å². The van der Waals surface area contributed by atoms with Gasteiger partial charge in [0.05, 0.1) is 31.4 Å². The smallest absolute Gasteiger partial charge is 0.410 e. The number of carbonyl (C=O) groups is 1. The van der Waals surface area contributed by atoms with Gasteiger partial charge >= 0.3 is 6.09 Å². The fraction of sp³-hybridized carbons (Fsp3) is 0.933. The standard InChI is InChI=1S/C15H27NO4/c1-10-8-19-9-12(11-6-5-7-13(11)17)16(10)14(18)20-15(2,3)4/h10-13,17H,5-9H2,1-4H3. The minimum atomic E-state index is -0.506. The summed E-state index contributed by atoms with van der Waals surface area (Å²) in [5.74, 6) is 0.102. The zero-order chi connectivity index (χ0) is 14.9. The lowest BCUT2D eigenvalue weighted by Crippen LogP contribution is -2.58. The average Bonchev–Trinajstić information content (AvgIpc) is 2.72. The Kier molecular flexibility index (Phi) is 4.59. The molecule has 5 heteroatoms. The molecule has 0 aromatic heterocycles. The first-order valence-corrected chi connectivity index (χ1v) is 7.56. The lowest BCUT2D eigenvalue weighted by molar-refractivity contribution is -0.0820. The zero-order valence-corrected chi connectivity index (χ0v) is 13.0. The van der Waals surface area contributed by atoms with E-state index in [2.05, 4.69) is 0 Å². The second-order valence-corrected chi connectivity index (χ2v) is 7.00. The second kappa shape index (κ2) is 5.90. The molecular weight excluding hydrogens is 258 g/mol. The number of morpholine rings is 1. The largest absolute Gasteiger partial charge is 0.444 e. The van der Waals surface area contributed by atoms with Gasteiger partial charge < -0.3 is 14.6 Å². The maximum Gasteiger partial charge on any atom is 0.410 e. The van der Waals surface area contributed by atoms with Gasteiger partial charge in [0.15, 0.2) is 0 Å². The molecule has 0 aromatic rings. The lowest BCUT2D eigenvalue weighted by atomic mass is 9.93. The topological polar surface area (TPSA) is 59.0 Å². The van der Waals surface area contributed by atoms with E-state index in [4.69, 9.17) is 9.47 Å². The molecule has 4 atom stereocenters. The van der Waals surface area contributed by atoms with Crippen LogP contribution >= 0.6 is 0 Å². The van der Waals surface area contributed by atoms with Gasteiger partial charge in [-0.1, -0.05) is 6.42 Å². The highest BCUT2D eigenvalue weighted by Gasteiger charge is 2.43. The van der Waals surface area contributed by atoms with E-state index in [1.165, 1.54) is 0 Å². The van der Waals surface area contributed by atoms with E-state index in [0.29, 0.717) is 13.2 Å². The Bertz CT molecular complexity index is 352. The van der Waals surface area contributed by atoms with Crippen molar-refractivity contribution in [2.75, 3.05) is 13.2 Å². The first-order chi connectivity index (χ1) is 9.29. The molecule has 1 heterocycles. The van der Waals surface area contributed by atoms with Crippen LogP contribution in [0.15, 0.2) is 0 Å². The summed E-state index contributed by atoms with van der Waals surface area (Å²) >= 11 is 0. The fourth-order valence-electron chi connectivity index (χ4n) is 3.22. The highest BCUT2D eigenvalue weighted by Crippen LogP contribution is 2.34. The SMILES string of the molecule is CC1COCC(C2CCCC2O)N1C(=O)OC(C)(C)C. The number of rotatable bonds is 1. The molecule has 2 fully saturated rings. The maximum atomic E-state index is 12.5. The Morgan fingerprint density at radius 1 is 1.30 bits per heavy atom. The van der Waals surface area contributed by atoms with Gasteiger partial charge in [-0.3, -0.25) is 4.90 Å². The molecule has 0 radical (unpaired) electrons. The quantitative estimate of drug-likeness (QED) is 0.802. The first-order valence-electron chi connectivity index (χ1n) is 7.56. The van der Waals surface area contributed by atoms with Crippen molar-refractivity contribution in [2.24, 2.45) is 5.92 Å². The van der Waals surface area contributed by atoms with Gasteiger partial charge in [0.2, 0.25) is 0 Å². The number of amides is 1. The Balaban J connectivity index is 2.13. The molecule has 0 spiro atoms. The van der Waals surface area contributed by atoms with Crippen LogP contribution in [-0.4, -0.2) is 53.1 Å². The summed E-state index contributed by atoms with van der Waals surface area (Å²) in [7, 11) is 0. The fourth-order valence-corrected chi connectivity index (χ4v) is 3.22. The molecule has 20 heavy (non-hydrogen) atoms. The van der Waals surface area contributed by atoms with Crippen molar-refractivity contribution in [1.82, 2.24) is 4.90 Å². The second-order valence-electron chi connectivity index (χ2n) is 7.00. The van der Waals surface area contributed by atoms with Crippen molar-refractivity contribution in [3.8, 4) is 0 Å². The molecule has 2 rings (SSSR count). The molecule has 1 saturated carbocycles. The number of aliphatic hydroxyl groups excluding tert-OH is 1. The van der Waals surface area contributed by atoms with Crippen LogP contribution in [0.1, 0.15) is 47.0 Å². The van der Waals surface area contributed by atoms with Crippen molar-refractivity contribution in [3.63, 3.8) is 0 Å². The normalized spacial score (nSPS) is 35.1. The monoisotopic (exact) mass is 285 g/mol. The van der Waals surface area contributed by atoms with Gasteiger partial charge in [-0.25, -0.2) is 4.79 Å². The van der Waals surface area contributed by atoms with Crippen LogP contribution < -0.4 is 0 Å². The maximum absolute atomic E-state index is 12.5. The summed E-state index contributed by atoms with van der Waals surface area (Å²) in [6.07, 6.45) is 2.15. The van der Waals surface area contributed by atoms with Crippen LogP contribution in [0, 0.1) is 5.92 Å². The molecule has 1 aliphatic carbocycles. The van der Waals surface area contributed by atoms with E-state index < -0.39 is 5.60 Å². The molecule has 1 amide bonds. The van der Waals surface area contributed by atoms with Gasteiger partial charge in [0, 0.05) is 5.92 Å². The average molecular weight is 285 g/mol. The molecule has 2 aliphatic rings. The first kappa shape index (κ1) is 15.6. The van der Waals surface area contributed by atoms with Crippen molar-refractivity contribution in [3.05, 3.63) is 0 Å².